The zero-order chi connectivity index (χ0) is 21.8. The SMILES string of the molecule is CCNC(=NCc1cccc(NC(=O)CN(C)C)c1)NCCCN1CCCCC1C.I. The largest absolute Gasteiger partial charge is 0.357 e. The Morgan fingerprint density at radius 2 is 2.06 bits per heavy atom. The van der Waals surface area contributed by atoms with Crippen molar-refractivity contribution in [3.63, 3.8) is 0 Å². The molecular weight excluding hydrogens is 503 g/mol. The number of nitrogens with one attached hydrogen (secondary N) is 3. The summed E-state index contributed by atoms with van der Waals surface area (Å²) < 4.78 is 0. The van der Waals surface area contributed by atoms with E-state index in [0.29, 0.717) is 19.1 Å². The molecule has 1 aromatic rings. The lowest BCUT2D eigenvalue weighted by atomic mass is 10.0. The van der Waals surface area contributed by atoms with Gasteiger partial charge in [-0.05, 0) is 71.4 Å². The molecule has 0 aliphatic carbocycles. The first-order valence-corrected chi connectivity index (χ1v) is 11.3. The molecule has 0 bridgehead atoms. The summed E-state index contributed by atoms with van der Waals surface area (Å²) in [6, 6.07) is 8.60. The summed E-state index contributed by atoms with van der Waals surface area (Å²) in [5, 5.41) is 9.71. The van der Waals surface area contributed by atoms with Crippen LogP contribution in [0.1, 0.15) is 45.1 Å². The molecule has 8 heteroatoms. The minimum absolute atomic E-state index is 0. The molecule has 31 heavy (non-hydrogen) atoms. The number of anilines is 1. The van der Waals surface area contributed by atoms with E-state index in [0.717, 1.165) is 43.3 Å². The van der Waals surface area contributed by atoms with Gasteiger partial charge in [0.1, 0.15) is 0 Å². The van der Waals surface area contributed by atoms with Crippen molar-refractivity contribution in [1.82, 2.24) is 20.4 Å². The molecule has 1 unspecified atom stereocenters. The van der Waals surface area contributed by atoms with Crippen molar-refractivity contribution < 1.29 is 4.79 Å². The number of hydrogen-bond acceptors (Lipinski definition) is 4. The molecule has 7 nitrogen and oxygen atoms in total. The third-order valence-corrected chi connectivity index (χ3v) is 5.29. The Morgan fingerprint density at radius 1 is 1.26 bits per heavy atom. The standard InChI is InChI=1S/C23H40N6O.HI/c1-5-24-23(25-13-9-15-29-14-7-6-10-19(29)2)26-17-20-11-8-12-21(16-20)27-22(30)18-28(3)4;/h8,11-12,16,19H,5-7,9-10,13-15,17-18H2,1-4H3,(H,27,30)(H2,24,25,26);1H. The van der Waals surface area contributed by atoms with E-state index in [2.05, 4.69) is 34.7 Å². The Kier molecular flexibility index (Phi) is 13.7. The second-order valence-corrected chi connectivity index (χ2v) is 8.34. The molecule has 0 aromatic heterocycles. The molecule has 1 amide bonds. The molecule has 176 valence electrons. The highest BCUT2D eigenvalue weighted by Gasteiger charge is 2.17. The second kappa shape index (κ2) is 15.4. The second-order valence-electron chi connectivity index (χ2n) is 8.34. The lowest BCUT2D eigenvalue weighted by molar-refractivity contribution is -0.116. The first-order chi connectivity index (χ1) is 14.5. The van der Waals surface area contributed by atoms with E-state index in [9.17, 15) is 4.79 Å². The van der Waals surface area contributed by atoms with Crippen LogP contribution in [0.2, 0.25) is 0 Å². The van der Waals surface area contributed by atoms with Crippen molar-refractivity contribution in [2.24, 2.45) is 4.99 Å². The number of likely N-dealkylation sites (tertiary alicyclic amines) is 1. The average Bonchev–Trinajstić information content (AvgIpc) is 2.70. The van der Waals surface area contributed by atoms with Crippen LogP contribution in [0.4, 0.5) is 5.69 Å². The minimum Gasteiger partial charge on any atom is -0.357 e. The first-order valence-electron chi connectivity index (χ1n) is 11.3. The van der Waals surface area contributed by atoms with Gasteiger partial charge < -0.3 is 25.8 Å². The fraction of sp³-hybridized carbons (Fsp3) is 0.652. The van der Waals surface area contributed by atoms with Gasteiger partial charge in [0, 0.05) is 31.4 Å². The van der Waals surface area contributed by atoms with Gasteiger partial charge in [0.05, 0.1) is 13.1 Å². The monoisotopic (exact) mass is 544 g/mol. The zero-order valence-electron chi connectivity index (χ0n) is 19.6. The molecule has 1 heterocycles. The van der Waals surface area contributed by atoms with Crippen molar-refractivity contribution >= 4 is 41.5 Å². The van der Waals surface area contributed by atoms with Gasteiger partial charge in [0.25, 0.3) is 0 Å². The maximum Gasteiger partial charge on any atom is 0.238 e. The molecule has 1 aliphatic heterocycles. The van der Waals surface area contributed by atoms with E-state index >= 15 is 0 Å². The molecule has 2 rings (SSSR count). The third kappa shape index (κ3) is 11.2. The van der Waals surface area contributed by atoms with E-state index in [-0.39, 0.29) is 29.9 Å². The normalized spacial score (nSPS) is 17.2. The Morgan fingerprint density at radius 3 is 2.77 bits per heavy atom. The quantitative estimate of drug-likeness (QED) is 0.183. The van der Waals surface area contributed by atoms with Crippen molar-refractivity contribution in [1.29, 1.82) is 0 Å². The van der Waals surface area contributed by atoms with Crippen molar-refractivity contribution in [3.8, 4) is 0 Å². The zero-order valence-corrected chi connectivity index (χ0v) is 21.9. The van der Waals surface area contributed by atoms with E-state index in [1.807, 2.05) is 43.3 Å². The van der Waals surface area contributed by atoms with Crippen LogP contribution in [0.3, 0.4) is 0 Å². The predicted molar refractivity (Wildman–Crippen MR) is 141 cm³/mol. The van der Waals surface area contributed by atoms with Crippen LogP contribution in [0.5, 0.6) is 0 Å². The maximum atomic E-state index is 12.0. The number of halogens is 1. The van der Waals surface area contributed by atoms with Crippen LogP contribution in [0.15, 0.2) is 29.3 Å². The highest BCUT2D eigenvalue weighted by Crippen LogP contribution is 2.16. The van der Waals surface area contributed by atoms with Gasteiger partial charge in [0.2, 0.25) is 5.91 Å². The molecule has 0 spiro atoms. The van der Waals surface area contributed by atoms with Crippen LogP contribution in [-0.2, 0) is 11.3 Å². The highest BCUT2D eigenvalue weighted by atomic mass is 127. The van der Waals surface area contributed by atoms with Gasteiger partial charge in [-0.25, -0.2) is 4.99 Å². The van der Waals surface area contributed by atoms with E-state index in [1.54, 1.807) is 0 Å². The van der Waals surface area contributed by atoms with Crippen molar-refractivity contribution in [2.45, 2.75) is 52.1 Å². The first kappa shape index (κ1) is 27.6. The number of rotatable bonds is 10. The lowest BCUT2D eigenvalue weighted by Gasteiger charge is -2.33. The van der Waals surface area contributed by atoms with Gasteiger partial charge in [-0.2, -0.15) is 0 Å². The molecule has 0 saturated carbocycles. The van der Waals surface area contributed by atoms with Crippen LogP contribution < -0.4 is 16.0 Å². The van der Waals surface area contributed by atoms with Gasteiger partial charge in [-0.15, -0.1) is 24.0 Å². The number of likely N-dealkylation sites (N-methyl/N-ethyl adjacent to an activating group) is 1. The molecule has 1 atom stereocenters. The maximum absolute atomic E-state index is 12.0. The molecular formula is C23H41IN6O. The number of benzene rings is 1. The summed E-state index contributed by atoms with van der Waals surface area (Å²) in [6.45, 7) is 9.47. The number of piperidine rings is 1. The Bertz CT molecular complexity index is 682. The number of amides is 1. The summed E-state index contributed by atoms with van der Waals surface area (Å²) in [5.74, 6) is 0.824. The summed E-state index contributed by atoms with van der Waals surface area (Å²) in [4.78, 5) is 21.1. The molecule has 1 aliphatic rings. The van der Waals surface area contributed by atoms with Crippen molar-refractivity contribution in [3.05, 3.63) is 29.8 Å². The topological polar surface area (TPSA) is 72.0 Å². The average molecular weight is 545 g/mol. The fourth-order valence-corrected chi connectivity index (χ4v) is 3.73. The summed E-state index contributed by atoms with van der Waals surface area (Å²) >= 11 is 0. The fourth-order valence-electron chi connectivity index (χ4n) is 3.73. The smallest absolute Gasteiger partial charge is 0.238 e. The highest BCUT2D eigenvalue weighted by molar-refractivity contribution is 14.0. The number of nitrogens with zero attached hydrogens (tertiary/aromatic N) is 3. The Balaban J connectivity index is 0.00000480. The molecule has 1 saturated heterocycles. The third-order valence-electron chi connectivity index (χ3n) is 5.29. The Hall–Kier alpha value is -1.39. The minimum atomic E-state index is -0.0151. The molecule has 3 N–H and O–H groups in total. The number of carbonyl (C=O) groups excluding carboxylic acids is 1. The Labute approximate surface area is 205 Å². The van der Waals surface area contributed by atoms with Gasteiger partial charge in [-0.1, -0.05) is 18.6 Å². The predicted octanol–water partition coefficient (Wildman–Crippen LogP) is 3.12. The summed E-state index contributed by atoms with van der Waals surface area (Å²) in [7, 11) is 3.76. The van der Waals surface area contributed by atoms with E-state index in [4.69, 9.17) is 4.99 Å². The molecule has 1 fully saturated rings. The van der Waals surface area contributed by atoms with Crippen LogP contribution in [-0.4, -0.2) is 74.5 Å². The van der Waals surface area contributed by atoms with Crippen LogP contribution >= 0.6 is 24.0 Å². The number of carbonyl (C=O) groups is 1. The van der Waals surface area contributed by atoms with E-state index < -0.39 is 0 Å². The lowest BCUT2D eigenvalue weighted by Crippen LogP contribution is -2.41. The summed E-state index contributed by atoms with van der Waals surface area (Å²) in [6.07, 6.45) is 5.14. The number of guanidine groups is 1. The van der Waals surface area contributed by atoms with E-state index in [1.165, 1.54) is 25.8 Å². The molecule has 0 radical (unpaired) electrons. The van der Waals surface area contributed by atoms with Gasteiger partial charge >= 0.3 is 0 Å². The van der Waals surface area contributed by atoms with Crippen LogP contribution in [0.25, 0.3) is 0 Å². The summed E-state index contributed by atoms with van der Waals surface area (Å²) in [5.41, 5.74) is 1.88. The van der Waals surface area contributed by atoms with Gasteiger partial charge in [-0.3, -0.25) is 4.79 Å². The molecule has 1 aromatic carbocycles. The van der Waals surface area contributed by atoms with Gasteiger partial charge in [0.15, 0.2) is 5.96 Å². The number of hydrogen-bond donors (Lipinski definition) is 3. The van der Waals surface area contributed by atoms with Crippen molar-refractivity contribution in [2.75, 3.05) is 52.1 Å². The van der Waals surface area contributed by atoms with Crippen LogP contribution in [0, 0.1) is 0 Å². The number of aliphatic imine (C=N–C) groups is 1.